The van der Waals surface area contributed by atoms with E-state index in [0.717, 1.165) is 11.3 Å². The molecule has 0 saturated heterocycles. The van der Waals surface area contributed by atoms with Crippen molar-refractivity contribution >= 4 is 22.3 Å². The average molecular weight is 348 g/mol. The minimum Gasteiger partial charge on any atom is -0.355 e. The topological polar surface area (TPSA) is 53.2 Å². The molecule has 0 fully saturated rings. The molecule has 4 heteroatoms. The van der Waals surface area contributed by atoms with Gasteiger partial charge in [0.05, 0.1) is 12.2 Å². The molecule has 1 aromatic heterocycles. The normalized spacial score (nSPS) is 11.3. The zero-order chi connectivity index (χ0) is 18.8. The predicted molar refractivity (Wildman–Crippen MR) is 105 cm³/mol. The van der Waals surface area contributed by atoms with Crippen LogP contribution in [0.4, 0.5) is 0 Å². The van der Waals surface area contributed by atoms with E-state index in [1.807, 2.05) is 44.0 Å². The molecule has 0 radical (unpaired) electrons. The zero-order valence-corrected chi connectivity index (χ0v) is 15.7. The van der Waals surface area contributed by atoms with Crippen LogP contribution >= 0.6 is 0 Å². The van der Waals surface area contributed by atoms with E-state index in [1.54, 1.807) is 0 Å². The largest absolute Gasteiger partial charge is 0.355 e. The number of hydrogen-bond acceptors (Lipinski definition) is 3. The van der Waals surface area contributed by atoms with Gasteiger partial charge in [0.15, 0.2) is 11.6 Å². The van der Waals surface area contributed by atoms with E-state index < -0.39 is 0 Å². The van der Waals surface area contributed by atoms with Gasteiger partial charge in [0.2, 0.25) is 0 Å². The molecule has 0 aliphatic rings. The lowest BCUT2D eigenvalue weighted by atomic mass is 10.0. The molecular formula is C22H24N2O2. The number of aromatic amines is 1. The van der Waals surface area contributed by atoms with Crippen LogP contribution in [0.1, 0.15) is 44.6 Å². The van der Waals surface area contributed by atoms with E-state index in [1.165, 1.54) is 23.3 Å². The Morgan fingerprint density at radius 3 is 2.42 bits per heavy atom. The van der Waals surface area contributed by atoms with E-state index >= 15 is 0 Å². The molecule has 1 heterocycles. The van der Waals surface area contributed by atoms with E-state index in [0.29, 0.717) is 24.3 Å². The second-order valence-corrected chi connectivity index (χ2v) is 6.91. The van der Waals surface area contributed by atoms with Gasteiger partial charge in [-0.15, -0.1) is 0 Å². The predicted octanol–water partition coefficient (Wildman–Crippen LogP) is 4.30. The maximum atomic E-state index is 12.7. The Kier molecular flexibility index (Phi) is 5.05. The summed E-state index contributed by atoms with van der Waals surface area (Å²) in [6.07, 6.45) is 0. The standard InChI is InChI=1S/C22H24N2O2/c1-14-21(16(3)25)15(2)23-22(14)20(26)13-24(4)12-18-10-7-9-17-8-5-6-11-19(17)18/h5-11,23H,12-13H2,1-4H3. The van der Waals surface area contributed by atoms with Crippen LogP contribution in [0.3, 0.4) is 0 Å². The van der Waals surface area contributed by atoms with Crippen molar-refractivity contribution in [1.29, 1.82) is 0 Å². The van der Waals surface area contributed by atoms with Crippen molar-refractivity contribution in [2.24, 2.45) is 0 Å². The summed E-state index contributed by atoms with van der Waals surface area (Å²) >= 11 is 0. The van der Waals surface area contributed by atoms with Crippen molar-refractivity contribution in [1.82, 2.24) is 9.88 Å². The third-order valence-electron chi connectivity index (χ3n) is 4.80. The number of carbonyl (C=O) groups excluding carboxylic acids is 2. The highest BCUT2D eigenvalue weighted by atomic mass is 16.1. The molecule has 2 aromatic carbocycles. The molecule has 0 amide bonds. The summed E-state index contributed by atoms with van der Waals surface area (Å²) in [5.41, 5.74) is 3.87. The summed E-state index contributed by atoms with van der Waals surface area (Å²) < 4.78 is 0. The van der Waals surface area contributed by atoms with Gasteiger partial charge in [-0.1, -0.05) is 42.5 Å². The second kappa shape index (κ2) is 7.26. The smallest absolute Gasteiger partial charge is 0.193 e. The fraction of sp³-hybridized carbons (Fsp3) is 0.273. The van der Waals surface area contributed by atoms with Crippen LogP contribution in [0.15, 0.2) is 42.5 Å². The van der Waals surface area contributed by atoms with Crippen molar-refractivity contribution in [2.45, 2.75) is 27.3 Å². The maximum absolute atomic E-state index is 12.7. The Balaban J connectivity index is 1.78. The fourth-order valence-electron chi connectivity index (χ4n) is 3.66. The second-order valence-electron chi connectivity index (χ2n) is 6.91. The maximum Gasteiger partial charge on any atom is 0.193 e. The number of aromatic nitrogens is 1. The molecule has 0 atom stereocenters. The van der Waals surface area contributed by atoms with Gasteiger partial charge < -0.3 is 4.98 Å². The van der Waals surface area contributed by atoms with Crippen LogP contribution in [0.2, 0.25) is 0 Å². The molecule has 3 rings (SSSR count). The molecule has 3 aromatic rings. The Labute approximate surface area is 153 Å². The minimum atomic E-state index is -0.0144. The van der Waals surface area contributed by atoms with Gasteiger partial charge in [0.1, 0.15) is 0 Å². The Morgan fingerprint density at radius 1 is 1.04 bits per heavy atom. The van der Waals surface area contributed by atoms with E-state index in [9.17, 15) is 9.59 Å². The van der Waals surface area contributed by atoms with Crippen molar-refractivity contribution in [3.8, 4) is 0 Å². The highest BCUT2D eigenvalue weighted by Gasteiger charge is 2.20. The number of ketones is 2. The SMILES string of the molecule is CC(=O)c1c(C)[nH]c(C(=O)CN(C)Cc2cccc3ccccc23)c1C. The summed E-state index contributed by atoms with van der Waals surface area (Å²) in [6.45, 7) is 6.18. The third-order valence-corrected chi connectivity index (χ3v) is 4.80. The monoisotopic (exact) mass is 348 g/mol. The van der Waals surface area contributed by atoms with Gasteiger partial charge in [-0.25, -0.2) is 0 Å². The molecule has 1 N–H and O–H groups in total. The molecule has 0 aliphatic carbocycles. The van der Waals surface area contributed by atoms with Gasteiger partial charge in [0, 0.05) is 17.8 Å². The highest BCUT2D eigenvalue weighted by Crippen LogP contribution is 2.21. The minimum absolute atomic E-state index is 0.000775. The van der Waals surface area contributed by atoms with Crippen LogP contribution in [0, 0.1) is 13.8 Å². The van der Waals surface area contributed by atoms with Crippen LogP contribution < -0.4 is 0 Å². The van der Waals surface area contributed by atoms with Crippen molar-refractivity contribution in [3.05, 3.63) is 70.5 Å². The number of likely N-dealkylation sites (N-methyl/N-ethyl adjacent to an activating group) is 1. The number of nitrogens with zero attached hydrogens (tertiary/aromatic N) is 1. The lowest BCUT2D eigenvalue weighted by Crippen LogP contribution is -2.26. The number of aryl methyl sites for hydroxylation is 1. The first-order valence-electron chi connectivity index (χ1n) is 8.77. The molecule has 26 heavy (non-hydrogen) atoms. The van der Waals surface area contributed by atoms with Gasteiger partial charge >= 0.3 is 0 Å². The summed E-state index contributed by atoms with van der Waals surface area (Å²) in [6, 6.07) is 14.5. The summed E-state index contributed by atoms with van der Waals surface area (Å²) in [5, 5.41) is 2.41. The molecule has 0 spiro atoms. The quantitative estimate of drug-likeness (QED) is 0.676. The summed E-state index contributed by atoms with van der Waals surface area (Å²) in [7, 11) is 1.94. The number of rotatable bonds is 6. The number of fused-ring (bicyclic) bond motifs is 1. The lowest BCUT2D eigenvalue weighted by Gasteiger charge is -2.17. The van der Waals surface area contributed by atoms with Crippen LogP contribution in [-0.4, -0.2) is 35.0 Å². The van der Waals surface area contributed by atoms with Crippen molar-refractivity contribution in [3.63, 3.8) is 0 Å². The Morgan fingerprint density at radius 2 is 1.73 bits per heavy atom. The number of H-pyrrole nitrogens is 1. The van der Waals surface area contributed by atoms with Crippen molar-refractivity contribution < 1.29 is 9.59 Å². The molecular weight excluding hydrogens is 324 g/mol. The summed E-state index contributed by atoms with van der Waals surface area (Å²) in [5.74, 6) is -0.0137. The highest BCUT2D eigenvalue weighted by molar-refractivity contribution is 6.04. The molecule has 0 bridgehead atoms. The number of carbonyl (C=O) groups is 2. The lowest BCUT2D eigenvalue weighted by molar-refractivity contribution is 0.0938. The van der Waals surface area contributed by atoms with Gasteiger partial charge in [0.25, 0.3) is 0 Å². The number of Topliss-reactive ketones (excluding diaryl/α,β-unsaturated/α-hetero) is 2. The van der Waals surface area contributed by atoms with Gasteiger partial charge in [-0.2, -0.15) is 0 Å². The zero-order valence-electron chi connectivity index (χ0n) is 15.7. The van der Waals surface area contributed by atoms with Crippen LogP contribution in [0.25, 0.3) is 10.8 Å². The summed E-state index contributed by atoms with van der Waals surface area (Å²) in [4.78, 5) is 29.6. The van der Waals surface area contributed by atoms with E-state index in [4.69, 9.17) is 0 Å². The van der Waals surface area contributed by atoms with Gasteiger partial charge in [-0.3, -0.25) is 14.5 Å². The average Bonchev–Trinajstić information content (AvgIpc) is 2.89. The number of nitrogens with one attached hydrogen (secondary N) is 1. The Hall–Kier alpha value is -2.72. The Bertz CT molecular complexity index is 980. The van der Waals surface area contributed by atoms with Crippen LogP contribution in [0.5, 0.6) is 0 Å². The third kappa shape index (κ3) is 3.46. The number of hydrogen-bond donors (Lipinski definition) is 1. The molecule has 0 unspecified atom stereocenters. The molecule has 0 aliphatic heterocycles. The van der Waals surface area contributed by atoms with Gasteiger partial charge in [-0.05, 0) is 49.7 Å². The fourth-order valence-corrected chi connectivity index (χ4v) is 3.66. The molecule has 0 saturated carbocycles. The molecule has 134 valence electrons. The first-order valence-corrected chi connectivity index (χ1v) is 8.77. The number of benzene rings is 2. The first kappa shape index (κ1) is 18.1. The van der Waals surface area contributed by atoms with Crippen molar-refractivity contribution in [2.75, 3.05) is 13.6 Å². The van der Waals surface area contributed by atoms with Crippen LogP contribution in [-0.2, 0) is 6.54 Å². The van der Waals surface area contributed by atoms with E-state index in [-0.39, 0.29) is 11.6 Å². The van der Waals surface area contributed by atoms with E-state index in [2.05, 4.69) is 29.2 Å². The first-order chi connectivity index (χ1) is 12.4. The molecule has 4 nitrogen and oxygen atoms in total.